The number of Topliss-reactive ketones (excluding diaryl/α,β-unsaturated/α-hetero) is 1. The summed E-state index contributed by atoms with van der Waals surface area (Å²) in [4.78, 5) is 26.5. The van der Waals surface area contributed by atoms with E-state index in [1.165, 1.54) is 11.1 Å². The highest BCUT2D eigenvalue weighted by Crippen LogP contribution is 2.12. The first-order valence-electron chi connectivity index (χ1n) is 9.95. The van der Waals surface area contributed by atoms with Crippen molar-refractivity contribution in [3.05, 3.63) is 70.8 Å². The van der Waals surface area contributed by atoms with Crippen molar-refractivity contribution in [1.29, 1.82) is 0 Å². The molecule has 0 aliphatic heterocycles. The topological polar surface area (TPSA) is 49.4 Å². The number of ketones is 1. The standard InChI is InChI=1S/C24H32N2O2/c1-18(2)15-19-9-11-22(12-10-19)23(27)13-14-24(28)25-16-20-5-7-21(8-6-20)17-26(3)4/h5-12,18H,13-17H2,1-4H3,(H,25,28). The Morgan fingerprint density at radius 2 is 1.43 bits per heavy atom. The van der Waals surface area contributed by atoms with Crippen LogP contribution in [-0.2, 0) is 24.3 Å². The van der Waals surface area contributed by atoms with Gasteiger partial charge in [-0.05, 0) is 43.1 Å². The molecule has 0 saturated heterocycles. The molecule has 28 heavy (non-hydrogen) atoms. The van der Waals surface area contributed by atoms with Crippen LogP contribution in [0.25, 0.3) is 0 Å². The molecule has 0 bridgehead atoms. The second-order valence-corrected chi connectivity index (χ2v) is 8.05. The van der Waals surface area contributed by atoms with Crippen molar-refractivity contribution in [3.63, 3.8) is 0 Å². The Balaban J connectivity index is 1.75. The average Bonchev–Trinajstić information content (AvgIpc) is 2.65. The number of amides is 1. The third-order valence-electron chi connectivity index (χ3n) is 4.51. The summed E-state index contributed by atoms with van der Waals surface area (Å²) < 4.78 is 0. The van der Waals surface area contributed by atoms with Gasteiger partial charge in [0.15, 0.2) is 5.78 Å². The molecular weight excluding hydrogens is 348 g/mol. The van der Waals surface area contributed by atoms with Gasteiger partial charge >= 0.3 is 0 Å². The number of nitrogens with zero attached hydrogens (tertiary/aromatic N) is 1. The van der Waals surface area contributed by atoms with E-state index in [9.17, 15) is 9.59 Å². The van der Waals surface area contributed by atoms with Gasteiger partial charge in [-0.1, -0.05) is 62.4 Å². The molecule has 0 heterocycles. The third kappa shape index (κ3) is 7.65. The van der Waals surface area contributed by atoms with Crippen LogP contribution in [0.1, 0.15) is 53.7 Å². The predicted molar refractivity (Wildman–Crippen MR) is 114 cm³/mol. The van der Waals surface area contributed by atoms with Gasteiger partial charge in [0.1, 0.15) is 0 Å². The van der Waals surface area contributed by atoms with Crippen LogP contribution in [0.4, 0.5) is 0 Å². The number of hydrogen-bond donors (Lipinski definition) is 1. The number of carbonyl (C=O) groups excluding carboxylic acids is 2. The van der Waals surface area contributed by atoms with Crippen molar-refractivity contribution in [3.8, 4) is 0 Å². The molecule has 4 heteroatoms. The van der Waals surface area contributed by atoms with E-state index in [4.69, 9.17) is 0 Å². The summed E-state index contributed by atoms with van der Waals surface area (Å²) in [6.07, 6.45) is 1.45. The van der Waals surface area contributed by atoms with Crippen LogP contribution >= 0.6 is 0 Å². The van der Waals surface area contributed by atoms with E-state index in [0.717, 1.165) is 18.5 Å². The number of benzene rings is 2. The van der Waals surface area contributed by atoms with Crippen molar-refractivity contribution in [1.82, 2.24) is 10.2 Å². The van der Waals surface area contributed by atoms with Crippen LogP contribution in [0.3, 0.4) is 0 Å². The fraction of sp³-hybridized carbons (Fsp3) is 0.417. The minimum Gasteiger partial charge on any atom is -0.352 e. The molecule has 1 amide bonds. The normalized spacial score (nSPS) is 11.1. The van der Waals surface area contributed by atoms with E-state index in [-0.39, 0.29) is 24.5 Å². The Kier molecular flexibility index (Phi) is 8.40. The van der Waals surface area contributed by atoms with Crippen molar-refractivity contribution < 1.29 is 9.59 Å². The van der Waals surface area contributed by atoms with Gasteiger partial charge in [-0.2, -0.15) is 0 Å². The van der Waals surface area contributed by atoms with Crippen molar-refractivity contribution in [2.45, 2.75) is 46.2 Å². The van der Waals surface area contributed by atoms with E-state index >= 15 is 0 Å². The highest BCUT2D eigenvalue weighted by atomic mass is 16.2. The molecule has 0 aliphatic carbocycles. The van der Waals surface area contributed by atoms with Crippen LogP contribution in [0.15, 0.2) is 48.5 Å². The maximum Gasteiger partial charge on any atom is 0.220 e. The Labute approximate surface area is 169 Å². The molecule has 2 rings (SSSR count). The molecule has 1 N–H and O–H groups in total. The van der Waals surface area contributed by atoms with Gasteiger partial charge < -0.3 is 10.2 Å². The largest absolute Gasteiger partial charge is 0.352 e. The summed E-state index contributed by atoms with van der Waals surface area (Å²) in [7, 11) is 4.07. The van der Waals surface area contributed by atoms with E-state index in [1.54, 1.807) is 0 Å². The zero-order valence-electron chi connectivity index (χ0n) is 17.5. The van der Waals surface area contributed by atoms with Crippen LogP contribution in [0.5, 0.6) is 0 Å². The first-order chi connectivity index (χ1) is 13.3. The van der Waals surface area contributed by atoms with Crippen LogP contribution in [0, 0.1) is 5.92 Å². The quantitative estimate of drug-likeness (QED) is 0.628. The number of rotatable bonds is 10. The zero-order chi connectivity index (χ0) is 20.5. The lowest BCUT2D eigenvalue weighted by Gasteiger charge is -2.10. The molecule has 4 nitrogen and oxygen atoms in total. The van der Waals surface area contributed by atoms with Crippen molar-refractivity contribution in [2.75, 3.05) is 14.1 Å². The summed E-state index contributed by atoms with van der Waals surface area (Å²) in [6, 6.07) is 16.0. The fourth-order valence-electron chi connectivity index (χ4n) is 3.09. The number of carbonyl (C=O) groups is 2. The van der Waals surface area contributed by atoms with Gasteiger partial charge in [0, 0.05) is 31.5 Å². The van der Waals surface area contributed by atoms with E-state index in [1.807, 2.05) is 50.5 Å². The lowest BCUT2D eigenvalue weighted by atomic mass is 9.99. The Bertz CT molecular complexity index is 762. The highest BCUT2D eigenvalue weighted by molar-refractivity contribution is 5.97. The monoisotopic (exact) mass is 380 g/mol. The first kappa shape index (κ1) is 21.8. The molecule has 2 aromatic carbocycles. The van der Waals surface area contributed by atoms with Crippen LogP contribution < -0.4 is 5.32 Å². The predicted octanol–water partition coefficient (Wildman–Crippen LogP) is 4.23. The van der Waals surface area contributed by atoms with Gasteiger partial charge in [0.25, 0.3) is 0 Å². The fourth-order valence-corrected chi connectivity index (χ4v) is 3.09. The zero-order valence-corrected chi connectivity index (χ0v) is 17.5. The summed E-state index contributed by atoms with van der Waals surface area (Å²) in [5.74, 6) is 0.510. The molecular formula is C24H32N2O2. The summed E-state index contributed by atoms with van der Waals surface area (Å²) in [5, 5.41) is 2.90. The lowest BCUT2D eigenvalue weighted by Crippen LogP contribution is -2.23. The molecule has 0 aromatic heterocycles. The van der Waals surface area contributed by atoms with Gasteiger partial charge in [-0.25, -0.2) is 0 Å². The molecule has 0 saturated carbocycles. The average molecular weight is 381 g/mol. The summed E-state index contributed by atoms with van der Waals surface area (Å²) in [6.45, 7) is 5.73. The second kappa shape index (κ2) is 10.8. The van der Waals surface area contributed by atoms with Crippen molar-refractivity contribution in [2.24, 2.45) is 5.92 Å². The van der Waals surface area contributed by atoms with E-state index in [2.05, 4.69) is 36.2 Å². The maximum atomic E-state index is 12.3. The Morgan fingerprint density at radius 3 is 2.00 bits per heavy atom. The maximum absolute atomic E-state index is 12.3. The van der Waals surface area contributed by atoms with Gasteiger partial charge in [-0.15, -0.1) is 0 Å². The Morgan fingerprint density at radius 1 is 0.857 bits per heavy atom. The number of hydrogen-bond acceptors (Lipinski definition) is 3. The molecule has 0 fully saturated rings. The molecule has 0 unspecified atom stereocenters. The molecule has 150 valence electrons. The van der Waals surface area contributed by atoms with E-state index in [0.29, 0.717) is 18.0 Å². The molecule has 0 aliphatic rings. The van der Waals surface area contributed by atoms with Gasteiger partial charge in [0.2, 0.25) is 5.91 Å². The molecule has 0 spiro atoms. The minimum absolute atomic E-state index is 0.0132. The van der Waals surface area contributed by atoms with Crippen LogP contribution in [-0.4, -0.2) is 30.7 Å². The number of nitrogens with one attached hydrogen (secondary N) is 1. The first-order valence-corrected chi connectivity index (χ1v) is 9.95. The molecule has 2 aromatic rings. The Hall–Kier alpha value is -2.46. The lowest BCUT2D eigenvalue weighted by molar-refractivity contribution is -0.121. The SMILES string of the molecule is CC(C)Cc1ccc(C(=O)CCC(=O)NCc2ccc(CN(C)C)cc2)cc1. The molecule has 0 radical (unpaired) electrons. The smallest absolute Gasteiger partial charge is 0.220 e. The van der Waals surface area contributed by atoms with Gasteiger partial charge in [0.05, 0.1) is 0 Å². The van der Waals surface area contributed by atoms with Crippen molar-refractivity contribution >= 4 is 11.7 Å². The second-order valence-electron chi connectivity index (χ2n) is 8.05. The highest BCUT2D eigenvalue weighted by Gasteiger charge is 2.10. The third-order valence-corrected chi connectivity index (χ3v) is 4.51. The van der Waals surface area contributed by atoms with Gasteiger partial charge in [-0.3, -0.25) is 9.59 Å². The van der Waals surface area contributed by atoms with E-state index < -0.39 is 0 Å². The minimum atomic E-state index is -0.0952. The molecule has 0 atom stereocenters. The summed E-state index contributed by atoms with van der Waals surface area (Å²) >= 11 is 0. The van der Waals surface area contributed by atoms with Crippen LogP contribution in [0.2, 0.25) is 0 Å². The summed E-state index contributed by atoms with van der Waals surface area (Å²) in [5.41, 5.74) is 4.21.